The number of fused-ring (bicyclic) bond motifs is 1. The van der Waals surface area contributed by atoms with E-state index < -0.39 is 0 Å². The highest BCUT2D eigenvalue weighted by molar-refractivity contribution is 6.35. The van der Waals surface area contributed by atoms with Crippen molar-refractivity contribution in [1.82, 2.24) is 15.2 Å². The van der Waals surface area contributed by atoms with Crippen molar-refractivity contribution in [2.45, 2.75) is 0 Å². The van der Waals surface area contributed by atoms with E-state index in [0.29, 0.717) is 22.0 Å². The summed E-state index contributed by atoms with van der Waals surface area (Å²) in [7, 11) is 0. The second kappa shape index (κ2) is 6.37. The molecular formula is C19H13ClN4O. The zero-order chi connectivity index (χ0) is 17.2. The summed E-state index contributed by atoms with van der Waals surface area (Å²) in [5.41, 5.74) is 3.37. The first kappa shape index (κ1) is 15.4. The Hall–Kier alpha value is -3.18. The van der Waals surface area contributed by atoms with Crippen LogP contribution in [0, 0.1) is 0 Å². The summed E-state index contributed by atoms with van der Waals surface area (Å²) in [6.45, 7) is 0. The van der Waals surface area contributed by atoms with Crippen LogP contribution in [0.4, 0.5) is 11.5 Å². The van der Waals surface area contributed by atoms with Gasteiger partial charge in [-0.3, -0.25) is 14.9 Å². The summed E-state index contributed by atoms with van der Waals surface area (Å²) in [5, 5.41) is 10.7. The van der Waals surface area contributed by atoms with Crippen LogP contribution >= 0.6 is 11.6 Å². The first-order valence-electron chi connectivity index (χ1n) is 7.68. The monoisotopic (exact) mass is 348 g/mol. The number of carbonyl (C=O) groups is 1. The lowest BCUT2D eigenvalue weighted by atomic mass is 10.0. The highest BCUT2D eigenvalue weighted by atomic mass is 35.5. The summed E-state index contributed by atoms with van der Waals surface area (Å²) in [6.07, 6.45) is 1.71. The summed E-state index contributed by atoms with van der Waals surface area (Å²) in [5.74, 6) is 0.498. The van der Waals surface area contributed by atoms with Crippen LogP contribution in [0.1, 0.15) is 15.9 Å². The number of hydrogen-bond donors (Lipinski definition) is 2. The van der Waals surface area contributed by atoms with Crippen LogP contribution in [-0.2, 0) is 0 Å². The summed E-state index contributed by atoms with van der Waals surface area (Å²) < 4.78 is 0. The smallest absolute Gasteiger partial charge is 0.194 e. The fourth-order valence-electron chi connectivity index (χ4n) is 2.60. The largest absolute Gasteiger partial charge is 0.337 e. The normalized spacial score (nSPS) is 10.8. The molecule has 0 saturated carbocycles. The number of benzene rings is 2. The Labute approximate surface area is 148 Å². The molecule has 122 valence electrons. The van der Waals surface area contributed by atoms with Crippen molar-refractivity contribution in [3.8, 4) is 0 Å². The molecule has 0 aliphatic carbocycles. The van der Waals surface area contributed by atoms with E-state index in [1.165, 1.54) is 0 Å². The van der Waals surface area contributed by atoms with E-state index in [9.17, 15) is 4.79 Å². The van der Waals surface area contributed by atoms with Gasteiger partial charge in [0.05, 0.1) is 10.5 Å². The molecule has 5 nitrogen and oxygen atoms in total. The first-order chi connectivity index (χ1) is 12.2. The van der Waals surface area contributed by atoms with E-state index in [0.717, 1.165) is 16.7 Å². The minimum Gasteiger partial charge on any atom is -0.337 e. The number of H-pyrrole nitrogens is 1. The maximum absolute atomic E-state index is 12.5. The minimum atomic E-state index is -0.107. The number of nitrogens with one attached hydrogen (secondary N) is 2. The molecule has 0 atom stereocenters. The van der Waals surface area contributed by atoms with E-state index in [-0.39, 0.29) is 5.78 Å². The lowest BCUT2D eigenvalue weighted by molar-refractivity contribution is 0.103. The number of ketones is 1. The van der Waals surface area contributed by atoms with Crippen LogP contribution in [0.2, 0.25) is 5.02 Å². The number of pyridine rings is 1. The summed E-state index contributed by atoms with van der Waals surface area (Å²) in [4.78, 5) is 16.8. The van der Waals surface area contributed by atoms with Gasteiger partial charge < -0.3 is 5.32 Å². The highest BCUT2D eigenvalue weighted by Gasteiger charge is 2.14. The zero-order valence-electron chi connectivity index (χ0n) is 13.0. The molecule has 25 heavy (non-hydrogen) atoms. The summed E-state index contributed by atoms with van der Waals surface area (Å²) in [6, 6.07) is 18.0. The molecule has 0 saturated heterocycles. The van der Waals surface area contributed by atoms with Gasteiger partial charge in [0.15, 0.2) is 11.6 Å². The lowest BCUT2D eigenvalue weighted by Gasteiger charge is -2.08. The van der Waals surface area contributed by atoms with E-state index in [1.54, 1.807) is 36.5 Å². The average molecular weight is 349 g/mol. The third-order valence-electron chi connectivity index (χ3n) is 3.83. The number of carbonyl (C=O) groups excluding carboxylic acids is 1. The van der Waals surface area contributed by atoms with Crippen molar-refractivity contribution in [3.63, 3.8) is 0 Å². The molecule has 0 amide bonds. The average Bonchev–Trinajstić information content (AvgIpc) is 3.05. The van der Waals surface area contributed by atoms with Crippen LogP contribution in [-0.4, -0.2) is 21.0 Å². The third-order valence-corrected chi connectivity index (χ3v) is 4.15. The molecule has 2 aromatic carbocycles. The number of anilines is 2. The number of halogens is 1. The third kappa shape index (κ3) is 2.97. The van der Waals surface area contributed by atoms with Gasteiger partial charge in [0.25, 0.3) is 0 Å². The molecule has 2 aromatic heterocycles. The van der Waals surface area contributed by atoms with Gasteiger partial charge in [-0.1, -0.05) is 41.9 Å². The Kier molecular flexibility index (Phi) is 3.91. The van der Waals surface area contributed by atoms with Gasteiger partial charge in [-0.2, -0.15) is 5.10 Å². The quantitative estimate of drug-likeness (QED) is 0.529. The van der Waals surface area contributed by atoms with E-state index >= 15 is 0 Å². The number of hydrogen-bond acceptors (Lipinski definition) is 4. The molecule has 0 bridgehead atoms. The van der Waals surface area contributed by atoms with Gasteiger partial charge >= 0.3 is 0 Å². The molecule has 0 aliphatic heterocycles. The number of rotatable bonds is 4. The van der Waals surface area contributed by atoms with E-state index in [2.05, 4.69) is 20.5 Å². The maximum Gasteiger partial charge on any atom is 0.194 e. The molecule has 6 heteroatoms. The van der Waals surface area contributed by atoms with E-state index in [1.807, 2.05) is 30.3 Å². The summed E-state index contributed by atoms with van der Waals surface area (Å²) >= 11 is 6.33. The predicted octanol–water partition coefficient (Wildman–Crippen LogP) is 4.59. The SMILES string of the molecule is O=C(c1ccccc1)c1ccc(Nc2n[nH]c3cccnc23)cc1Cl. The molecule has 0 spiro atoms. The molecule has 0 radical (unpaired) electrons. The molecule has 0 fully saturated rings. The number of nitrogens with zero attached hydrogens (tertiary/aromatic N) is 2. The van der Waals surface area contributed by atoms with Crippen LogP contribution in [0.5, 0.6) is 0 Å². The maximum atomic E-state index is 12.5. The van der Waals surface area contributed by atoms with Crippen molar-refractivity contribution >= 4 is 39.9 Å². The van der Waals surface area contributed by atoms with Crippen molar-refractivity contribution in [3.05, 3.63) is 83.0 Å². The van der Waals surface area contributed by atoms with Crippen LogP contribution in [0.25, 0.3) is 11.0 Å². The lowest BCUT2D eigenvalue weighted by Crippen LogP contribution is -2.02. The fraction of sp³-hybridized carbons (Fsp3) is 0. The standard InChI is InChI=1S/C19H13ClN4O/c20-15-11-13(22-19-17-16(23-24-19)7-4-10-21-17)8-9-14(15)18(25)12-5-2-1-3-6-12/h1-11H,(H2,22,23,24). The Morgan fingerprint density at radius 1 is 1.04 bits per heavy atom. The highest BCUT2D eigenvalue weighted by Crippen LogP contribution is 2.27. The Balaban J connectivity index is 1.63. The second-order valence-electron chi connectivity index (χ2n) is 5.49. The van der Waals surface area contributed by atoms with Crippen LogP contribution < -0.4 is 5.32 Å². The Bertz CT molecular complexity index is 1060. The molecule has 4 aromatic rings. The molecule has 4 rings (SSSR count). The molecule has 2 N–H and O–H groups in total. The van der Waals surface area contributed by atoms with Crippen molar-refractivity contribution < 1.29 is 4.79 Å². The topological polar surface area (TPSA) is 70.7 Å². The van der Waals surface area contributed by atoms with Gasteiger partial charge in [-0.15, -0.1) is 0 Å². The molecular weight excluding hydrogens is 336 g/mol. The van der Waals surface area contributed by atoms with Crippen molar-refractivity contribution in [2.24, 2.45) is 0 Å². The first-order valence-corrected chi connectivity index (χ1v) is 8.05. The van der Waals surface area contributed by atoms with E-state index in [4.69, 9.17) is 11.6 Å². The molecule has 0 aliphatic rings. The van der Waals surface area contributed by atoms with Gasteiger partial charge in [-0.25, -0.2) is 0 Å². The fourth-order valence-corrected chi connectivity index (χ4v) is 2.87. The van der Waals surface area contributed by atoms with Crippen molar-refractivity contribution in [1.29, 1.82) is 0 Å². The van der Waals surface area contributed by atoms with Gasteiger partial charge in [0, 0.05) is 23.0 Å². The van der Waals surface area contributed by atoms with Gasteiger partial charge in [0.2, 0.25) is 0 Å². The van der Waals surface area contributed by atoms with Gasteiger partial charge in [-0.05, 0) is 30.3 Å². The second-order valence-corrected chi connectivity index (χ2v) is 5.89. The van der Waals surface area contributed by atoms with Crippen molar-refractivity contribution in [2.75, 3.05) is 5.32 Å². The number of aromatic nitrogens is 3. The minimum absolute atomic E-state index is 0.107. The van der Waals surface area contributed by atoms with Gasteiger partial charge in [0.1, 0.15) is 5.52 Å². The molecule has 2 heterocycles. The predicted molar refractivity (Wildman–Crippen MR) is 98.5 cm³/mol. The Morgan fingerprint density at radius 2 is 1.88 bits per heavy atom. The zero-order valence-corrected chi connectivity index (χ0v) is 13.8. The number of aromatic amines is 1. The van der Waals surface area contributed by atoms with Crippen LogP contribution in [0.15, 0.2) is 66.9 Å². The molecule has 0 unspecified atom stereocenters. The Morgan fingerprint density at radius 3 is 2.68 bits per heavy atom. The van der Waals surface area contributed by atoms with Crippen LogP contribution in [0.3, 0.4) is 0 Å².